The molecule has 1 aliphatic rings. The molecule has 1 fully saturated rings. The molecule has 0 aliphatic heterocycles. The van der Waals surface area contributed by atoms with Gasteiger partial charge in [0, 0.05) is 5.25 Å². The summed E-state index contributed by atoms with van der Waals surface area (Å²) >= 11 is 1.81. The van der Waals surface area contributed by atoms with Crippen LogP contribution < -0.4 is 5.32 Å². The third-order valence-electron chi connectivity index (χ3n) is 2.96. The molecule has 0 bridgehead atoms. The Bertz CT molecular complexity index is 191. The van der Waals surface area contributed by atoms with E-state index in [1.807, 2.05) is 0 Å². The summed E-state index contributed by atoms with van der Waals surface area (Å²) in [5.41, 5.74) is 0.357. The van der Waals surface area contributed by atoms with E-state index in [1.165, 1.54) is 6.42 Å². The van der Waals surface area contributed by atoms with Crippen LogP contribution in [0.2, 0.25) is 0 Å². The normalized spacial score (nSPS) is 32.2. The van der Waals surface area contributed by atoms with Gasteiger partial charge in [-0.2, -0.15) is 11.8 Å². The van der Waals surface area contributed by atoms with Crippen molar-refractivity contribution in [2.45, 2.75) is 45.0 Å². The summed E-state index contributed by atoms with van der Waals surface area (Å²) in [7, 11) is 0. The Morgan fingerprint density at radius 2 is 2.00 bits per heavy atom. The van der Waals surface area contributed by atoms with Crippen LogP contribution in [0.4, 0.5) is 0 Å². The van der Waals surface area contributed by atoms with Gasteiger partial charge in [0.2, 0.25) is 0 Å². The second kappa shape index (κ2) is 5.55. The molecule has 0 amide bonds. The lowest BCUT2D eigenvalue weighted by molar-refractivity contribution is 0.181. The summed E-state index contributed by atoms with van der Waals surface area (Å²) in [6.45, 7) is 8.85. The van der Waals surface area contributed by atoms with E-state index in [9.17, 15) is 5.11 Å². The quantitative estimate of drug-likeness (QED) is 0.777. The molecule has 1 aliphatic carbocycles. The lowest BCUT2D eigenvalue weighted by Gasteiger charge is -2.20. The Morgan fingerprint density at radius 3 is 2.47 bits per heavy atom. The first kappa shape index (κ1) is 13.3. The third-order valence-corrected chi connectivity index (χ3v) is 4.07. The molecular formula is C12H25NOS. The maximum absolute atomic E-state index is 9.77. The van der Waals surface area contributed by atoms with Crippen molar-refractivity contribution in [3.05, 3.63) is 0 Å². The zero-order valence-electron chi connectivity index (χ0n) is 10.4. The molecule has 15 heavy (non-hydrogen) atoms. The monoisotopic (exact) mass is 231 g/mol. The Hall–Kier alpha value is 0.270. The van der Waals surface area contributed by atoms with Gasteiger partial charge in [0.1, 0.15) is 0 Å². The zero-order valence-corrected chi connectivity index (χ0v) is 11.2. The maximum atomic E-state index is 9.77. The number of nitrogens with one attached hydrogen (secondary N) is 1. The van der Waals surface area contributed by atoms with Crippen LogP contribution in [0.1, 0.15) is 33.6 Å². The van der Waals surface area contributed by atoms with Crippen LogP contribution in [0.25, 0.3) is 0 Å². The summed E-state index contributed by atoms with van der Waals surface area (Å²) < 4.78 is 0. The van der Waals surface area contributed by atoms with Crippen LogP contribution in [0.3, 0.4) is 0 Å². The van der Waals surface area contributed by atoms with Crippen molar-refractivity contribution in [3.63, 3.8) is 0 Å². The Kier molecular flexibility index (Phi) is 4.94. The second-order valence-electron chi connectivity index (χ2n) is 5.87. The van der Waals surface area contributed by atoms with E-state index in [0.29, 0.717) is 16.6 Å². The van der Waals surface area contributed by atoms with Gasteiger partial charge in [-0.15, -0.1) is 0 Å². The lowest BCUT2D eigenvalue weighted by atomic mass is 9.96. The maximum Gasteiger partial charge on any atom is 0.0661 e. The molecule has 90 valence electrons. The molecule has 0 unspecified atom stereocenters. The van der Waals surface area contributed by atoms with Gasteiger partial charge in [-0.1, -0.05) is 20.8 Å². The van der Waals surface area contributed by atoms with Crippen molar-refractivity contribution in [1.29, 1.82) is 0 Å². The first-order valence-electron chi connectivity index (χ1n) is 5.84. The van der Waals surface area contributed by atoms with E-state index in [-0.39, 0.29) is 6.10 Å². The molecule has 0 saturated heterocycles. The summed E-state index contributed by atoms with van der Waals surface area (Å²) in [6, 6.07) is 0. The number of aliphatic hydroxyl groups is 1. The SMILES string of the molecule is CS[C@@H]1C[C@@H](CNCC(C)(C)C)C[C@H]1O. The van der Waals surface area contributed by atoms with E-state index >= 15 is 0 Å². The van der Waals surface area contributed by atoms with Gasteiger partial charge >= 0.3 is 0 Å². The van der Waals surface area contributed by atoms with Crippen LogP contribution in [0.15, 0.2) is 0 Å². The van der Waals surface area contributed by atoms with E-state index in [2.05, 4.69) is 32.3 Å². The summed E-state index contributed by atoms with van der Waals surface area (Å²) in [5.74, 6) is 0.666. The van der Waals surface area contributed by atoms with Crippen LogP contribution in [0, 0.1) is 11.3 Å². The molecule has 1 rings (SSSR count). The molecule has 0 aromatic heterocycles. The number of thioether (sulfide) groups is 1. The standard InChI is InChI=1S/C12H25NOS/c1-12(2,3)8-13-7-9-5-10(14)11(6-9)15-4/h9-11,13-14H,5-8H2,1-4H3/t9-,10+,11+/m0/s1. The fraction of sp³-hybridized carbons (Fsp3) is 1.00. The molecule has 0 aromatic carbocycles. The topological polar surface area (TPSA) is 32.3 Å². The highest BCUT2D eigenvalue weighted by Gasteiger charge is 2.31. The van der Waals surface area contributed by atoms with Gasteiger partial charge in [0.15, 0.2) is 0 Å². The second-order valence-corrected chi connectivity index (χ2v) is 6.95. The predicted octanol–water partition coefficient (Wildman–Crippen LogP) is 2.12. The average molecular weight is 231 g/mol. The number of hydrogen-bond donors (Lipinski definition) is 2. The van der Waals surface area contributed by atoms with Crippen molar-refractivity contribution in [2.24, 2.45) is 11.3 Å². The zero-order chi connectivity index (χ0) is 11.5. The molecule has 0 heterocycles. The summed E-state index contributed by atoms with van der Waals surface area (Å²) in [5, 5.41) is 13.7. The minimum atomic E-state index is -0.0820. The fourth-order valence-electron chi connectivity index (χ4n) is 2.15. The first-order valence-corrected chi connectivity index (χ1v) is 7.13. The molecule has 3 heteroatoms. The Morgan fingerprint density at radius 1 is 1.33 bits per heavy atom. The molecule has 0 radical (unpaired) electrons. The van der Waals surface area contributed by atoms with E-state index in [0.717, 1.165) is 19.5 Å². The highest BCUT2D eigenvalue weighted by atomic mass is 32.2. The van der Waals surface area contributed by atoms with Crippen molar-refractivity contribution in [2.75, 3.05) is 19.3 Å². The van der Waals surface area contributed by atoms with Crippen LogP contribution >= 0.6 is 11.8 Å². The van der Waals surface area contributed by atoms with Crippen LogP contribution in [0.5, 0.6) is 0 Å². The number of hydrogen-bond acceptors (Lipinski definition) is 3. The highest BCUT2D eigenvalue weighted by Crippen LogP contribution is 2.32. The molecule has 0 spiro atoms. The number of aliphatic hydroxyl groups excluding tert-OH is 1. The van der Waals surface area contributed by atoms with E-state index in [1.54, 1.807) is 11.8 Å². The number of rotatable bonds is 4. The largest absolute Gasteiger partial charge is 0.392 e. The molecule has 3 atom stereocenters. The predicted molar refractivity (Wildman–Crippen MR) is 68.4 cm³/mol. The summed E-state index contributed by atoms with van der Waals surface area (Å²) in [4.78, 5) is 0. The van der Waals surface area contributed by atoms with Gasteiger partial charge < -0.3 is 10.4 Å². The van der Waals surface area contributed by atoms with Gasteiger partial charge in [-0.05, 0) is 43.5 Å². The summed E-state index contributed by atoms with van der Waals surface area (Å²) in [6.07, 6.45) is 4.16. The van der Waals surface area contributed by atoms with Crippen molar-refractivity contribution >= 4 is 11.8 Å². The van der Waals surface area contributed by atoms with Crippen LogP contribution in [-0.2, 0) is 0 Å². The molecule has 2 N–H and O–H groups in total. The minimum Gasteiger partial charge on any atom is -0.392 e. The van der Waals surface area contributed by atoms with Gasteiger partial charge in [-0.3, -0.25) is 0 Å². The third kappa shape index (κ3) is 4.75. The van der Waals surface area contributed by atoms with Crippen molar-refractivity contribution in [1.82, 2.24) is 5.32 Å². The van der Waals surface area contributed by atoms with Gasteiger partial charge in [0.25, 0.3) is 0 Å². The van der Waals surface area contributed by atoms with Crippen LogP contribution in [-0.4, -0.2) is 35.8 Å². The van der Waals surface area contributed by atoms with Crippen molar-refractivity contribution < 1.29 is 5.11 Å². The highest BCUT2D eigenvalue weighted by molar-refractivity contribution is 7.99. The van der Waals surface area contributed by atoms with E-state index in [4.69, 9.17) is 0 Å². The van der Waals surface area contributed by atoms with Gasteiger partial charge in [-0.25, -0.2) is 0 Å². The van der Waals surface area contributed by atoms with Crippen molar-refractivity contribution in [3.8, 4) is 0 Å². The average Bonchev–Trinajstić information content (AvgIpc) is 2.44. The Labute approximate surface area is 98.2 Å². The smallest absolute Gasteiger partial charge is 0.0661 e. The molecule has 1 saturated carbocycles. The van der Waals surface area contributed by atoms with Gasteiger partial charge in [0.05, 0.1) is 6.10 Å². The Balaban J connectivity index is 2.19. The molecular weight excluding hydrogens is 206 g/mol. The molecule has 0 aromatic rings. The lowest BCUT2D eigenvalue weighted by Crippen LogP contribution is -2.30. The molecule has 2 nitrogen and oxygen atoms in total. The fourth-order valence-corrected chi connectivity index (χ4v) is 3.04. The first-order chi connectivity index (χ1) is 6.92. The minimum absolute atomic E-state index is 0.0820. The van der Waals surface area contributed by atoms with E-state index < -0.39 is 0 Å².